The Morgan fingerprint density at radius 3 is 2.56 bits per heavy atom. The number of benzene rings is 1. The molecule has 0 saturated carbocycles. The molecule has 0 saturated heterocycles. The van der Waals surface area contributed by atoms with Crippen molar-refractivity contribution in [1.29, 1.82) is 0 Å². The third-order valence-electron chi connectivity index (χ3n) is 3.06. The Morgan fingerprint density at radius 1 is 1.39 bits per heavy atom. The summed E-state index contributed by atoms with van der Waals surface area (Å²) in [6, 6.07) is 5.73. The number of halogens is 1. The molecule has 1 aromatic rings. The first-order valence-corrected chi connectivity index (χ1v) is 6.31. The van der Waals surface area contributed by atoms with Crippen molar-refractivity contribution in [1.82, 2.24) is 4.90 Å². The number of aliphatic hydroxyl groups excluding tert-OH is 1. The molecular weight excluding hydrogens is 233 g/mol. The fourth-order valence-corrected chi connectivity index (χ4v) is 2.07. The Labute approximate surface area is 107 Å². The molecule has 0 heterocycles. The third kappa shape index (κ3) is 3.53. The van der Waals surface area contributed by atoms with Gasteiger partial charge in [-0.2, -0.15) is 0 Å². The van der Waals surface area contributed by atoms with E-state index in [9.17, 15) is 9.18 Å². The lowest BCUT2D eigenvalue weighted by molar-refractivity contribution is 0.0622. The van der Waals surface area contributed by atoms with Crippen LogP contribution in [0.5, 0.6) is 0 Å². The first kappa shape index (κ1) is 14.6. The summed E-state index contributed by atoms with van der Waals surface area (Å²) < 4.78 is 13.1. The summed E-state index contributed by atoms with van der Waals surface area (Å²) >= 11 is 0. The first-order chi connectivity index (χ1) is 8.63. The highest BCUT2D eigenvalue weighted by Crippen LogP contribution is 2.14. The molecule has 0 fully saturated rings. The van der Waals surface area contributed by atoms with Gasteiger partial charge >= 0.3 is 0 Å². The fourth-order valence-electron chi connectivity index (χ4n) is 2.07. The summed E-state index contributed by atoms with van der Waals surface area (Å²) in [5.74, 6) is -0.647. The maximum Gasteiger partial charge on any atom is 0.254 e. The van der Waals surface area contributed by atoms with E-state index < -0.39 is 5.82 Å². The zero-order valence-electron chi connectivity index (χ0n) is 10.9. The third-order valence-corrected chi connectivity index (χ3v) is 3.06. The molecule has 18 heavy (non-hydrogen) atoms. The van der Waals surface area contributed by atoms with Crippen LogP contribution in [0.1, 0.15) is 37.0 Å². The van der Waals surface area contributed by atoms with Gasteiger partial charge in [0.05, 0.1) is 6.61 Å². The van der Waals surface area contributed by atoms with Crippen molar-refractivity contribution >= 4 is 5.91 Å². The molecular formula is C14H20FNO2. The first-order valence-electron chi connectivity index (χ1n) is 6.31. The Balaban J connectivity index is 2.95. The largest absolute Gasteiger partial charge is 0.395 e. The number of hydrogen-bond acceptors (Lipinski definition) is 2. The number of hydrogen-bond donors (Lipinski definition) is 1. The molecule has 0 bridgehead atoms. The van der Waals surface area contributed by atoms with E-state index in [0.717, 1.165) is 12.8 Å². The van der Waals surface area contributed by atoms with Crippen LogP contribution in [0.25, 0.3) is 0 Å². The zero-order valence-corrected chi connectivity index (χ0v) is 10.9. The normalized spacial score (nSPS) is 10.7. The van der Waals surface area contributed by atoms with Crippen LogP contribution in [0.15, 0.2) is 24.3 Å². The van der Waals surface area contributed by atoms with Crippen LogP contribution < -0.4 is 0 Å². The van der Waals surface area contributed by atoms with Gasteiger partial charge < -0.3 is 10.0 Å². The second-order valence-electron chi connectivity index (χ2n) is 4.20. The summed E-state index contributed by atoms with van der Waals surface area (Å²) in [6.45, 7) is 4.19. The number of aliphatic hydroxyl groups is 1. The van der Waals surface area contributed by atoms with Gasteiger partial charge in [-0.1, -0.05) is 19.9 Å². The topological polar surface area (TPSA) is 40.5 Å². The van der Waals surface area contributed by atoms with E-state index in [1.165, 1.54) is 18.2 Å². The van der Waals surface area contributed by atoms with Crippen molar-refractivity contribution in [2.45, 2.75) is 32.7 Å². The Morgan fingerprint density at radius 2 is 2.06 bits per heavy atom. The van der Waals surface area contributed by atoms with Crippen molar-refractivity contribution in [3.63, 3.8) is 0 Å². The number of nitrogens with zero attached hydrogens (tertiary/aromatic N) is 1. The van der Waals surface area contributed by atoms with Crippen molar-refractivity contribution in [2.24, 2.45) is 0 Å². The molecule has 0 aliphatic heterocycles. The molecule has 1 N–H and O–H groups in total. The van der Waals surface area contributed by atoms with Gasteiger partial charge in [0, 0.05) is 18.2 Å². The molecule has 0 atom stereocenters. The number of amides is 1. The Bertz CT molecular complexity index is 391. The molecule has 0 aliphatic rings. The van der Waals surface area contributed by atoms with Crippen LogP contribution in [-0.2, 0) is 0 Å². The van der Waals surface area contributed by atoms with Crippen LogP contribution in [0.2, 0.25) is 0 Å². The van der Waals surface area contributed by atoms with E-state index in [-0.39, 0.29) is 25.1 Å². The Hall–Kier alpha value is -1.42. The minimum absolute atomic E-state index is 0.0768. The van der Waals surface area contributed by atoms with Crippen LogP contribution in [0, 0.1) is 5.82 Å². The van der Waals surface area contributed by atoms with Crippen LogP contribution in [0.4, 0.5) is 4.39 Å². The second kappa shape index (κ2) is 7.11. The van der Waals surface area contributed by atoms with E-state index in [1.807, 2.05) is 13.8 Å². The molecule has 1 aromatic carbocycles. The molecule has 1 rings (SSSR count). The average molecular weight is 253 g/mol. The van der Waals surface area contributed by atoms with Gasteiger partial charge in [0.2, 0.25) is 0 Å². The van der Waals surface area contributed by atoms with Crippen molar-refractivity contribution in [2.75, 3.05) is 13.2 Å². The lowest BCUT2D eigenvalue weighted by atomic mass is 10.1. The van der Waals surface area contributed by atoms with E-state index in [0.29, 0.717) is 5.56 Å². The molecule has 0 aliphatic carbocycles. The molecule has 1 amide bonds. The summed E-state index contributed by atoms with van der Waals surface area (Å²) in [4.78, 5) is 13.9. The predicted molar refractivity (Wildman–Crippen MR) is 68.9 cm³/mol. The standard InChI is InChI=1S/C14H20FNO2/c1-3-13(4-2)16(8-9-17)14(18)11-6-5-7-12(15)10-11/h5-7,10,13,17H,3-4,8-9H2,1-2H3. The molecule has 0 unspecified atom stereocenters. The van der Waals surface area contributed by atoms with Gasteiger partial charge in [-0.25, -0.2) is 4.39 Å². The summed E-state index contributed by atoms with van der Waals surface area (Å²) in [7, 11) is 0. The Kier molecular flexibility index (Phi) is 5.78. The summed E-state index contributed by atoms with van der Waals surface area (Å²) in [6.07, 6.45) is 1.63. The predicted octanol–water partition coefficient (Wildman–Crippen LogP) is 2.45. The molecule has 0 aromatic heterocycles. The fraction of sp³-hybridized carbons (Fsp3) is 0.500. The molecule has 0 spiro atoms. The SMILES string of the molecule is CCC(CC)N(CCO)C(=O)c1cccc(F)c1. The number of rotatable bonds is 6. The van der Waals surface area contributed by atoms with Gasteiger partial charge in [0.1, 0.15) is 5.82 Å². The number of carbonyl (C=O) groups excluding carboxylic acids is 1. The van der Waals surface area contributed by atoms with Gasteiger partial charge in [-0.3, -0.25) is 4.79 Å². The van der Waals surface area contributed by atoms with E-state index in [1.54, 1.807) is 11.0 Å². The zero-order chi connectivity index (χ0) is 13.5. The monoisotopic (exact) mass is 253 g/mol. The lowest BCUT2D eigenvalue weighted by Gasteiger charge is -2.30. The van der Waals surface area contributed by atoms with Gasteiger partial charge in [0.25, 0.3) is 5.91 Å². The number of carbonyl (C=O) groups is 1. The van der Waals surface area contributed by atoms with Crippen molar-refractivity contribution < 1.29 is 14.3 Å². The minimum Gasteiger partial charge on any atom is -0.395 e. The highest BCUT2D eigenvalue weighted by atomic mass is 19.1. The van der Waals surface area contributed by atoms with Crippen LogP contribution >= 0.6 is 0 Å². The highest BCUT2D eigenvalue weighted by molar-refractivity contribution is 5.94. The molecule has 0 radical (unpaired) electrons. The van der Waals surface area contributed by atoms with E-state index in [2.05, 4.69) is 0 Å². The van der Waals surface area contributed by atoms with Crippen LogP contribution in [-0.4, -0.2) is 35.1 Å². The maximum atomic E-state index is 13.1. The van der Waals surface area contributed by atoms with Crippen molar-refractivity contribution in [3.05, 3.63) is 35.6 Å². The van der Waals surface area contributed by atoms with E-state index >= 15 is 0 Å². The maximum absolute atomic E-state index is 13.1. The highest BCUT2D eigenvalue weighted by Gasteiger charge is 2.21. The van der Waals surface area contributed by atoms with Crippen molar-refractivity contribution in [3.8, 4) is 0 Å². The summed E-state index contributed by atoms with van der Waals surface area (Å²) in [5.41, 5.74) is 0.329. The van der Waals surface area contributed by atoms with E-state index in [4.69, 9.17) is 5.11 Å². The molecule has 100 valence electrons. The second-order valence-corrected chi connectivity index (χ2v) is 4.20. The smallest absolute Gasteiger partial charge is 0.254 e. The van der Waals surface area contributed by atoms with Gasteiger partial charge in [-0.05, 0) is 31.0 Å². The quantitative estimate of drug-likeness (QED) is 0.846. The van der Waals surface area contributed by atoms with Crippen LogP contribution in [0.3, 0.4) is 0 Å². The average Bonchev–Trinajstić information content (AvgIpc) is 2.38. The minimum atomic E-state index is -0.422. The summed E-state index contributed by atoms with van der Waals surface area (Å²) in [5, 5.41) is 9.06. The lowest BCUT2D eigenvalue weighted by Crippen LogP contribution is -2.41. The van der Waals surface area contributed by atoms with Gasteiger partial charge in [0.15, 0.2) is 0 Å². The van der Waals surface area contributed by atoms with Gasteiger partial charge in [-0.15, -0.1) is 0 Å². The molecule has 4 heteroatoms. The molecule has 3 nitrogen and oxygen atoms in total.